The molecule has 2 rings (SSSR count). The minimum Gasteiger partial charge on any atom is -0.317 e. The molecule has 0 saturated carbocycles. The molecule has 1 aliphatic rings. The molecule has 0 bridgehead atoms. The van der Waals surface area contributed by atoms with Crippen molar-refractivity contribution < 1.29 is 8.42 Å². The van der Waals surface area contributed by atoms with E-state index >= 15 is 0 Å². The first-order chi connectivity index (χ1) is 8.18. The Morgan fingerprint density at radius 1 is 1.18 bits per heavy atom. The number of nitrogens with one attached hydrogen (secondary N) is 2. The number of hydrogen-bond acceptors (Lipinski definition) is 3. The highest BCUT2D eigenvalue weighted by atomic mass is 32.2. The predicted octanol–water partition coefficient (Wildman–Crippen LogP) is 0.858. The Labute approximate surface area is 102 Å². The number of benzene rings is 1. The molecule has 17 heavy (non-hydrogen) atoms. The SMILES string of the molecule is O=S(=O)(NCc1ccccc1)C1CCNCC1. The number of piperidine rings is 1. The second-order valence-corrected chi connectivity index (χ2v) is 6.35. The highest BCUT2D eigenvalue weighted by molar-refractivity contribution is 7.90. The molecule has 4 nitrogen and oxygen atoms in total. The topological polar surface area (TPSA) is 58.2 Å². The van der Waals surface area contributed by atoms with E-state index in [0.29, 0.717) is 19.4 Å². The van der Waals surface area contributed by atoms with Gasteiger partial charge in [0.05, 0.1) is 5.25 Å². The van der Waals surface area contributed by atoms with Crippen LogP contribution in [0.3, 0.4) is 0 Å². The third-order valence-electron chi connectivity index (χ3n) is 3.05. The molecule has 0 unspecified atom stereocenters. The van der Waals surface area contributed by atoms with Gasteiger partial charge in [0.15, 0.2) is 0 Å². The monoisotopic (exact) mass is 254 g/mol. The van der Waals surface area contributed by atoms with Crippen molar-refractivity contribution in [2.24, 2.45) is 0 Å². The Balaban J connectivity index is 1.93. The van der Waals surface area contributed by atoms with Crippen molar-refractivity contribution in [1.29, 1.82) is 0 Å². The lowest BCUT2D eigenvalue weighted by Crippen LogP contribution is -2.41. The highest BCUT2D eigenvalue weighted by Gasteiger charge is 2.26. The number of hydrogen-bond donors (Lipinski definition) is 2. The normalized spacial score (nSPS) is 18.1. The number of rotatable bonds is 4. The Kier molecular flexibility index (Phi) is 4.15. The van der Waals surface area contributed by atoms with E-state index in [1.807, 2.05) is 30.3 Å². The largest absolute Gasteiger partial charge is 0.317 e. The summed E-state index contributed by atoms with van der Waals surface area (Å²) in [7, 11) is -3.17. The third kappa shape index (κ3) is 3.52. The molecule has 5 heteroatoms. The van der Waals surface area contributed by atoms with Crippen LogP contribution >= 0.6 is 0 Å². The van der Waals surface area contributed by atoms with Crippen LogP contribution < -0.4 is 10.0 Å². The van der Waals surface area contributed by atoms with E-state index in [4.69, 9.17) is 0 Å². The van der Waals surface area contributed by atoms with Crippen LogP contribution in [0.2, 0.25) is 0 Å². The molecule has 0 amide bonds. The predicted molar refractivity (Wildman–Crippen MR) is 68.1 cm³/mol. The molecule has 0 aliphatic carbocycles. The first-order valence-electron chi connectivity index (χ1n) is 5.91. The molecule has 1 heterocycles. The van der Waals surface area contributed by atoms with E-state index in [1.165, 1.54) is 0 Å². The second-order valence-electron chi connectivity index (χ2n) is 4.30. The van der Waals surface area contributed by atoms with Crippen molar-refractivity contribution >= 4 is 10.0 Å². The lowest BCUT2D eigenvalue weighted by atomic mass is 10.2. The maximum absolute atomic E-state index is 12.0. The third-order valence-corrected chi connectivity index (χ3v) is 4.94. The van der Waals surface area contributed by atoms with Gasteiger partial charge in [-0.05, 0) is 31.5 Å². The van der Waals surface area contributed by atoms with E-state index in [2.05, 4.69) is 10.0 Å². The fourth-order valence-corrected chi connectivity index (χ4v) is 3.46. The van der Waals surface area contributed by atoms with Crippen LogP contribution in [0.25, 0.3) is 0 Å². The van der Waals surface area contributed by atoms with E-state index in [0.717, 1.165) is 18.7 Å². The minimum absolute atomic E-state index is 0.243. The fraction of sp³-hybridized carbons (Fsp3) is 0.500. The Morgan fingerprint density at radius 3 is 2.47 bits per heavy atom. The number of sulfonamides is 1. The molecular formula is C12H18N2O2S. The molecule has 94 valence electrons. The van der Waals surface area contributed by atoms with Crippen molar-refractivity contribution in [3.05, 3.63) is 35.9 Å². The average Bonchev–Trinajstić information content (AvgIpc) is 2.39. The van der Waals surface area contributed by atoms with E-state index in [1.54, 1.807) is 0 Å². The van der Waals surface area contributed by atoms with Gasteiger partial charge in [-0.1, -0.05) is 30.3 Å². The summed E-state index contributed by atoms with van der Waals surface area (Å²) >= 11 is 0. The first kappa shape index (κ1) is 12.5. The van der Waals surface area contributed by atoms with Crippen molar-refractivity contribution in [2.75, 3.05) is 13.1 Å². The summed E-state index contributed by atoms with van der Waals surface area (Å²) in [5.74, 6) is 0. The molecule has 1 aliphatic heterocycles. The molecule has 1 aromatic rings. The first-order valence-corrected chi connectivity index (χ1v) is 7.46. The van der Waals surface area contributed by atoms with Crippen LogP contribution in [0.4, 0.5) is 0 Å². The summed E-state index contributed by atoms with van der Waals surface area (Å²) in [5, 5.41) is 2.93. The summed E-state index contributed by atoms with van der Waals surface area (Å²) < 4.78 is 26.7. The van der Waals surface area contributed by atoms with Gasteiger partial charge >= 0.3 is 0 Å². The van der Waals surface area contributed by atoms with Crippen molar-refractivity contribution in [3.8, 4) is 0 Å². The summed E-state index contributed by atoms with van der Waals surface area (Å²) in [4.78, 5) is 0. The Bertz CT molecular complexity index is 439. The van der Waals surface area contributed by atoms with Gasteiger partial charge in [-0.25, -0.2) is 13.1 Å². The average molecular weight is 254 g/mol. The van der Waals surface area contributed by atoms with Gasteiger partial charge in [0, 0.05) is 6.54 Å². The van der Waals surface area contributed by atoms with Gasteiger partial charge in [0.1, 0.15) is 0 Å². The Morgan fingerprint density at radius 2 is 1.82 bits per heavy atom. The van der Waals surface area contributed by atoms with E-state index in [-0.39, 0.29) is 5.25 Å². The minimum atomic E-state index is -3.17. The molecule has 1 aromatic carbocycles. The lowest BCUT2D eigenvalue weighted by Gasteiger charge is -2.22. The van der Waals surface area contributed by atoms with Gasteiger partial charge in [-0.2, -0.15) is 0 Å². The zero-order chi connectivity index (χ0) is 12.1. The van der Waals surface area contributed by atoms with E-state index < -0.39 is 10.0 Å². The molecule has 1 fully saturated rings. The van der Waals surface area contributed by atoms with Gasteiger partial charge in [0.2, 0.25) is 10.0 Å². The quantitative estimate of drug-likeness (QED) is 0.838. The highest BCUT2D eigenvalue weighted by Crippen LogP contribution is 2.12. The van der Waals surface area contributed by atoms with Gasteiger partial charge in [0.25, 0.3) is 0 Å². The summed E-state index contributed by atoms with van der Waals surface area (Å²) in [6, 6.07) is 9.59. The van der Waals surface area contributed by atoms with Crippen molar-refractivity contribution in [2.45, 2.75) is 24.6 Å². The van der Waals surface area contributed by atoms with Crippen molar-refractivity contribution in [1.82, 2.24) is 10.0 Å². The van der Waals surface area contributed by atoms with Crippen LogP contribution in [0.1, 0.15) is 18.4 Å². The summed E-state index contributed by atoms with van der Waals surface area (Å²) in [6.45, 7) is 1.96. The molecule has 0 aromatic heterocycles. The molecule has 0 radical (unpaired) electrons. The zero-order valence-corrected chi connectivity index (χ0v) is 10.5. The van der Waals surface area contributed by atoms with Gasteiger partial charge in [-0.3, -0.25) is 0 Å². The molecule has 1 saturated heterocycles. The maximum atomic E-state index is 12.0. The van der Waals surface area contributed by atoms with Gasteiger partial charge in [-0.15, -0.1) is 0 Å². The van der Waals surface area contributed by atoms with Crippen LogP contribution in [0.5, 0.6) is 0 Å². The van der Waals surface area contributed by atoms with E-state index in [9.17, 15) is 8.42 Å². The summed E-state index contributed by atoms with van der Waals surface area (Å²) in [5.41, 5.74) is 0.991. The van der Waals surface area contributed by atoms with Gasteiger partial charge < -0.3 is 5.32 Å². The van der Waals surface area contributed by atoms with Crippen LogP contribution in [0, 0.1) is 0 Å². The van der Waals surface area contributed by atoms with Crippen LogP contribution in [0.15, 0.2) is 30.3 Å². The lowest BCUT2D eigenvalue weighted by molar-refractivity contribution is 0.489. The molecular weight excluding hydrogens is 236 g/mol. The molecule has 0 spiro atoms. The molecule has 2 N–H and O–H groups in total. The Hall–Kier alpha value is -0.910. The maximum Gasteiger partial charge on any atom is 0.214 e. The van der Waals surface area contributed by atoms with Crippen LogP contribution in [-0.2, 0) is 16.6 Å². The zero-order valence-electron chi connectivity index (χ0n) is 9.72. The summed E-state index contributed by atoms with van der Waals surface area (Å²) in [6.07, 6.45) is 1.40. The smallest absolute Gasteiger partial charge is 0.214 e. The van der Waals surface area contributed by atoms with Crippen molar-refractivity contribution in [3.63, 3.8) is 0 Å². The fourth-order valence-electron chi connectivity index (χ4n) is 2.00. The second kappa shape index (κ2) is 5.62. The standard InChI is InChI=1S/C12H18N2O2S/c15-17(16,12-6-8-13-9-7-12)14-10-11-4-2-1-3-5-11/h1-5,12-14H,6-10H2. The molecule has 0 atom stereocenters. The van der Waals surface area contributed by atoms with Crippen LogP contribution in [-0.4, -0.2) is 26.8 Å².